The summed E-state index contributed by atoms with van der Waals surface area (Å²) in [5, 5.41) is 0. The van der Waals surface area contributed by atoms with Crippen molar-refractivity contribution in [2.45, 2.75) is 6.10 Å². The monoisotopic (exact) mass is 224 g/mol. The van der Waals surface area contributed by atoms with Gasteiger partial charge < -0.3 is 4.74 Å². The number of ketones is 1. The maximum atomic E-state index is 12.3. The molecule has 2 nitrogen and oxygen atoms in total. The van der Waals surface area contributed by atoms with Crippen molar-refractivity contribution in [3.8, 4) is 0 Å². The molecule has 0 N–H and O–H groups in total. The number of hydrogen-bond donors (Lipinski definition) is 0. The molecule has 0 bridgehead atoms. The van der Waals surface area contributed by atoms with E-state index in [0.717, 1.165) is 23.3 Å². The molecule has 0 saturated carbocycles. The fraction of sp³-hybridized carbons (Fsp3) is 0.133. The Balaban J connectivity index is 2.02. The summed E-state index contributed by atoms with van der Waals surface area (Å²) < 4.78 is 5.27. The Hall–Kier alpha value is -1.93. The van der Waals surface area contributed by atoms with Crippen molar-refractivity contribution in [3.05, 3.63) is 71.3 Å². The predicted octanol–water partition coefficient (Wildman–Crippen LogP) is 2.99. The van der Waals surface area contributed by atoms with Crippen LogP contribution in [0.5, 0.6) is 0 Å². The van der Waals surface area contributed by atoms with E-state index in [1.54, 1.807) is 0 Å². The molecule has 0 radical (unpaired) electrons. The van der Waals surface area contributed by atoms with E-state index in [4.69, 9.17) is 4.74 Å². The Morgan fingerprint density at radius 2 is 1.65 bits per heavy atom. The summed E-state index contributed by atoms with van der Waals surface area (Å²) in [6.45, 7) is 0.721. The average molecular weight is 224 g/mol. The van der Waals surface area contributed by atoms with Gasteiger partial charge >= 0.3 is 0 Å². The summed E-state index contributed by atoms with van der Waals surface area (Å²) >= 11 is 0. The van der Waals surface area contributed by atoms with E-state index < -0.39 is 0 Å². The van der Waals surface area contributed by atoms with Gasteiger partial charge in [-0.1, -0.05) is 54.6 Å². The zero-order valence-corrected chi connectivity index (χ0v) is 9.30. The van der Waals surface area contributed by atoms with Crippen LogP contribution in [-0.4, -0.2) is 12.4 Å². The molecule has 2 aromatic rings. The first kappa shape index (κ1) is 10.2. The SMILES string of the molecule is O=C(c1ccccc1)c1ccccc1C1CO1. The minimum absolute atomic E-state index is 0.0664. The van der Waals surface area contributed by atoms with Crippen molar-refractivity contribution in [3.63, 3.8) is 0 Å². The molecule has 1 fully saturated rings. The molecule has 84 valence electrons. The second-order valence-electron chi connectivity index (χ2n) is 4.10. The highest BCUT2D eigenvalue weighted by atomic mass is 16.6. The fourth-order valence-corrected chi connectivity index (χ4v) is 1.96. The quantitative estimate of drug-likeness (QED) is 0.592. The van der Waals surface area contributed by atoms with Crippen LogP contribution in [0.3, 0.4) is 0 Å². The Bertz CT molecular complexity index is 542. The van der Waals surface area contributed by atoms with Crippen LogP contribution in [0.15, 0.2) is 54.6 Å². The Labute approximate surface area is 99.9 Å². The number of carbonyl (C=O) groups is 1. The summed E-state index contributed by atoms with van der Waals surface area (Å²) in [7, 11) is 0. The predicted molar refractivity (Wildman–Crippen MR) is 65.0 cm³/mol. The van der Waals surface area contributed by atoms with Crippen molar-refractivity contribution in [1.82, 2.24) is 0 Å². The van der Waals surface area contributed by atoms with Crippen molar-refractivity contribution >= 4 is 5.78 Å². The largest absolute Gasteiger partial charge is 0.368 e. The molecule has 2 heteroatoms. The van der Waals surface area contributed by atoms with Crippen LogP contribution in [0.25, 0.3) is 0 Å². The topological polar surface area (TPSA) is 29.6 Å². The molecule has 1 aliphatic heterocycles. The molecule has 1 saturated heterocycles. The summed E-state index contributed by atoms with van der Waals surface area (Å²) in [5.74, 6) is 0.0664. The van der Waals surface area contributed by atoms with Gasteiger partial charge in [-0.25, -0.2) is 0 Å². The lowest BCUT2D eigenvalue weighted by Crippen LogP contribution is -2.04. The lowest BCUT2D eigenvalue weighted by atomic mass is 9.97. The van der Waals surface area contributed by atoms with Gasteiger partial charge in [-0.2, -0.15) is 0 Å². The maximum Gasteiger partial charge on any atom is 0.193 e. The molecule has 0 spiro atoms. The lowest BCUT2D eigenvalue weighted by Gasteiger charge is -2.06. The number of epoxide rings is 1. The van der Waals surface area contributed by atoms with Crippen molar-refractivity contribution in [2.24, 2.45) is 0 Å². The Morgan fingerprint density at radius 1 is 1.00 bits per heavy atom. The third kappa shape index (κ3) is 1.99. The van der Waals surface area contributed by atoms with Crippen LogP contribution in [0, 0.1) is 0 Å². The zero-order chi connectivity index (χ0) is 11.7. The molecular formula is C15H12O2. The second kappa shape index (κ2) is 4.15. The molecule has 1 atom stereocenters. The van der Waals surface area contributed by atoms with Crippen molar-refractivity contribution in [2.75, 3.05) is 6.61 Å². The normalized spacial score (nSPS) is 17.8. The highest BCUT2D eigenvalue weighted by Gasteiger charge is 2.29. The molecule has 2 aromatic carbocycles. The lowest BCUT2D eigenvalue weighted by molar-refractivity contribution is 0.103. The van der Waals surface area contributed by atoms with Crippen LogP contribution in [0.1, 0.15) is 27.6 Å². The van der Waals surface area contributed by atoms with Crippen LogP contribution in [0.2, 0.25) is 0 Å². The highest BCUT2D eigenvalue weighted by Crippen LogP contribution is 2.32. The maximum absolute atomic E-state index is 12.3. The second-order valence-corrected chi connectivity index (χ2v) is 4.10. The van der Waals surface area contributed by atoms with Gasteiger partial charge in [0.15, 0.2) is 5.78 Å². The van der Waals surface area contributed by atoms with Crippen LogP contribution in [0.4, 0.5) is 0 Å². The van der Waals surface area contributed by atoms with E-state index in [0.29, 0.717) is 0 Å². The van der Waals surface area contributed by atoms with Crippen LogP contribution < -0.4 is 0 Å². The van der Waals surface area contributed by atoms with Gasteiger partial charge in [0.25, 0.3) is 0 Å². The van der Waals surface area contributed by atoms with E-state index in [9.17, 15) is 4.79 Å². The summed E-state index contributed by atoms with van der Waals surface area (Å²) in [4.78, 5) is 12.3. The summed E-state index contributed by atoms with van der Waals surface area (Å²) in [6, 6.07) is 17.0. The number of rotatable bonds is 3. The van der Waals surface area contributed by atoms with Crippen molar-refractivity contribution in [1.29, 1.82) is 0 Å². The first-order chi connectivity index (χ1) is 8.36. The van der Waals surface area contributed by atoms with Crippen LogP contribution >= 0.6 is 0 Å². The van der Waals surface area contributed by atoms with Gasteiger partial charge in [0.1, 0.15) is 6.10 Å². The van der Waals surface area contributed by atoms with Gasteiger partial charge in [-0.05, 0) is 5.56 Å². The molecule has 1 unspecified atom stereocenters. The standard InChI is InChI=1S/C15H12O2/c16-15(11-6-2-1-3-7-11)13-9-5-4-8-12(13)14-10-17-14/h1-9,14H,10H2. The molecule has 0 aliphatic carbocycles. The molecule has 1 aliphatic rings. The third-order valence-electron chi connectivity index (χ3n) is 2.92. The summed E-state index contributed by atoms with van der Waals surface area (Å²) in [5.41, 5.74) is 2.48. The first-order valence-corrected chi connectivity index (χ1v) is 5.66. The molecular weight excluding hydrogens is 212 g/mol. The average Bonchev–Trinajstić information content (AvgIpc) is 3.23. The number of hydrogen-bond acceptors (Lipinski definition) is 2. The van der Waals surface area contributed by atoms with Crippen LogP contribution in [-0.2, 0) is 4.74 Å². The Morgan fingerprint density at radius 3 is 2.35 bits per heavy atom. The third-order valence-corrected chi connectivity index (χ3v) is 2.92. The van der Waals surface area contributed by atoms with E-state index in [-0.39, 0.29) is 11.9 Å². The minimum Gasteiger partial charge on any atom is -0.368 e. The first-order valence-electron chi connectivity index (χ1n) is 5.66. The fourth-order valence-electron chi connectivity index (χ4n) is 1.96. The molecule has 0 amide bonds. The van der Waals surface area contributed by atoms with E-state index in [1.807, 2.05) is 54.6 Å². The van der Waals surface area contributed by atoms with E-state index >= 15 is 0 Å². The number of carbonyl (C=O) groups excluding carboxylic acids is 1. The smallest absolute Gasteiger partial charge is 0.193 e. The molecule has 1 heterocycles. The Kier molecular flexibility index (Phi) is 2.50. The minimum atomic E-state index is 0.0664. The summed E-state index contributed by atoms with van der Waals surface area (Å²) in [6.07, 6.45) is 0.110. The van der Waals surface area contributed by atoms with Gasteiger partial charge in [0.2, 0.25) is 0 Å². The van der Waals surface area contributed by atoms with E-state index in [1.165, 1.54) is 0 Å². The highest BCUT2D eigenvalue weighted by molar-refractivity contribution is 6.10. The van der Waals surface area contributed by atoms with Crippen molar-refractivity contribution < 1.29 is 9.53 Å². The number of ether oxygens (including phenoxy) is 1. The molecule has 17 heavy (non-hydrogen) atoms. The van der Waals surface area contributed by atoms with Gasteiger partial charge in [-0.3, -0.25) is 4.79 Å². The van der Waals surface area contributed by atoms with Gasteiger partial charge in [-0.15, -0.1) is 0 Å². The number of benzene rings is 2. The molecule has 3 rings (SSSR count). The zero-order valence-electron chi connectivity index (χ0n) is 9.30. The van der Waals surface area contributed by atoms with E-state index in [2.05, 4.69) is 0 Å². The van der Waals surface area contributed by atoms with Gasteiger partial charge in [0, 0.05) is 11.1 Å². The van der Waals surface area contributed by atoms with Gasteiger partial charge in [0.05, 0.1) is 6.61 Å². The molecule has 0 aromatic heterocycles.